The fourth-order valence-corrected chi connectivity index (χ4v) is 3.13. The maximum Gasteiger partial charge on any atom is 0.279 e. The smallest absolute Gasteiger partial charge is 0.279 e. The Hall–Kier alpha value is -2.81. The molecule has 2 aromatic carbocycles. The van der Waals surface area contributed by atoms with Gasteiger partial charge in [0.25, 0.3) is 11.5 Å². The number of methoxy groups -OCH3 is 1. The van der Waals surface area contributed by atoms with Crippen molar-refractivity contribution in [3.63, 3.8) is 0 Å². The molecule has 0 aliphatic carbocycles. The van der Waals surface area contributed by atoms with Crippen molar-refractivity contribution >= 4 is 34.1 Å². The molecule has 0 radical (unpaired) electrons. The zero-order chi connectivity index (χ0) is 20.8. The van der Waals surface area contributed by atoms with Gasteiger partial charge in [0.15, 0.2) is 12.4 Å². The summed E-state index contributed by atoms with van der Waals surface area (Å²) in [5, 5.41) is 3.15. The van der Waals surface area contributed by atoms with E-state index in [4.69, 9.17) is 16.3 Å². The first-order chi connectivity index (χ1) is 14.0. The van der Waals surface area contributed by atoms with E-state index in [1.54, 1.807) is 25.3 Å². The van der Waals surface area contributed by atoms with Crippen molar-refractivity contribution in [2.75, 3.05) is 32.1 Å². The van der Waals surface area contributed by atoms with E-state index in [1.165, 1.54) is 18.2 Å². The van der Waals surface area contributed by atoms with Crippen molar-refractivity contribution in [1.82, 2.24) is 9.97 Å². The summed E-state index contributed by atoms with van der Waals surface area (Å²) in [6.45, 7) is 1.41. The van der Waals surface area contributed by atoms with E-state index in [2.05, 4.69) is 15.3 Å². The molecule has 0 aliphatic heterocycles. The van der Waals surface area contributed by atoms with Crippen molar-refractivity contribution < 1.29 is 18.8 Å². The van der Waals surface area contributed by atoms with E-state index >= 15 is 0 Å². The normalized spacial score (nSPS) is 12.1. The molecular formula is C20H21ClFN4O3+. The first-order valence-corrected chi connectivity index (χ1v) is 9.39. The van der Waals surface area contributed by atoms with Crippen LogP contribution in [0.3, 0.4) is 0 Å². The molecule has 3 N–H and O–H groups in total. The number of para-hydroxylation sites is 1. The molecule has 1 aromatic heterocycles. The number of rotatable bonds is 8. The maximum atomic E-state index is 13.3. The van der Waals surface area contributed by atoms with Crippen LogP contribution in [0.25, 0.3) is 10.9 Å². The Balaban J connectivity index is 1.73. The van der Waals surface area contributed by atoms with Gasteiger partial charge in [-0.15, -0.1) is 0 Å². The highest BCUT2D eigenvalue weighted by Crippen LogP contribution is 2.19. The fourth-order valence-electron chi connectivity index (χ4n) is 2.95. The van der Waals surface area contributed by atoms with Gasteiger partial charge in [-0.05, 0) is 30.3 Å². The van der Waals surface area contributed by atoms with Crippen LogP contribution in [-0.4, -0.2) is 42.7 Å². The molecule has 0 spiro atoms. The molecule has 152 valence electrons. The lowest BCUT2D eigenvalue weighted by Gasteiger charge is -2.18. The molecule has 29 heavy (non-hydrogen) atoms. The maximum absolute atomic E-state index is 13.3. The standard InChI is InChI=1S/C20H20ClFN4O3/c1-29-9-8-26(12-19(27)23-13-6-7-16(22)15(21)10-13)11-18-24-17-5-3-2-4-14(17)20(28)25-18/h2-7,10H,8-9,11-12H2,1H3,(H,23,27)(H,24,25,28)/p+1. The van der Waals surface area contributed by atoms with Crippen molar-refractivity contribution in [2.24, 2.45) is 0 Å². The highest BCUT2D eigenvalue weighted by atomic mass is 35.5. The number of fused-ring (bicyclic) bond motifs is 1. The predicted octanol–water partition coefficient (Wildman–Crippen LogP) is 1.39. The van der Waals surface area contributed by atoms with Gasteiger partial charge < -0.3 is 19.9 Å². The molecule has 1 atom stereocenters. The average Bonchev–Trinajstić information content (AvgIpc) is 2.69. The summed E-state index contributed by atoms with van der Waals surface area (Å²) in [5.74, 6) is -0.345. The largest absolute Gasteiger partial charge is 0.379 e. The number of aromatic amines is 1. The Bertz CT molecular complexity index is 1070. The number of H-pyrrole nitrogens is 1. The molecular weight excluding hydrogens is 399 g/mol. The minimum atomic E-state index is -0.552. The number of anilines is 1. The lowest BCUT2D eigenvalue weighted by molar-refractivity contribution is -0.906. The molecule has 1 amide bonds. The van der Waals surface area contributed by atoms with Crippen LogP contribution in [0.15, 0.2) is 47.3 Å². The predicted molar refractivity (Wildman–Crippen MR) is 109 cm³/mol. The number of carbonyl (C=O) groups is 1. The van der Waals surface area contributed by atoms with Gasteiger partial charge in [0, 0.05) is 12.8 Å². The lowest BCUT2D eigenvalue weighted by atomic mass is 10.2. The Morgan fingerprint density at radius 2 is 2.10 bits per heavy atom. The monoisotopic (exact) mass is 419 g/mol. The van der Waals surface area contributed by atoms with Crippen LogP contribution in [-0.2, 0) is 16.1 Å². The topological polar surface area (TPSA) is 88.5 Å². The molecule has 3 rings (SSSR count). The first-order valence-electron chi connectivity index (χ1n) is 9.01. The van der Waals surface area contributed by atoms with Crippen molar-refractivity contribution in [3.05, 3.63) is 69.5 Å². The molecule has 0 saturated carbocycles. The second-order valence-electron chi connectivity index (χ2n) is 6.55. The molecule has 0 saturated heterocycles. The van der Waals surface area contributed by atoms with E-state index in [0.29, 0.717) is 42.1 Å². The van der Waals surface area contributed by atoms with Crippen molar-refractivity contribution in [2.45, 2.75) is 6.54 Å². The van der Waals surface area contributed by atoms with Crippen LogP contribution < -0.4 is 15.8 Å². The second kappa shape index (κ2) is 9.60. The van der Waals surface area contributed by atoms with Crippen LogP contribution in [0.1, 0.15) is 5.82 Å². The minimum absolute atomic E-state index is 0.0654. The molecule has 0 fully saturated rings. The van der Waals surface area contributed by atoms with Gasteiger partial charge in [-0.1, -0.05) is 23.7 Å². The molecule has 1 heterocycles. The second-order valence-corrected chi connectivity index (χ2v) is 6.96. The Morgan fingerprint density at radius 1 is 1.31 bits per heavy atom. The number of hydrogen-bond acceptors (Lipinski definition) is 4. The van der Waals surface area contributed by atoms with Gasteiger partial charge in [0.1, 0.15) is 18.9 Å². The first kappa shape index (κ1) is 20.9. The van der Waals surface area contributed by atoms with Gasteiger partial charge in [-0.25, -0.2) is 9.37 Å². The molecule has 0 bridgehead atoms. The molecule has 7 nitrogen and oxygen atoms in total. The Labute approximate surface area is 171 Å². The van der Waals surface area contributed by atoms with Crippen LogP contribution in [0, 0.1) is 5.82 Å². The number of ether oxygens (including phenoxy) is 1. The van der Waals surface area contributed by atoms with E-state index in [0.717, 1.165) is 4.90 Å². The Morgan fingerprint density at radius 3 is 2.86 bits per heavy atom. The highest BCUT2D eigenvalue weighted by Gasteiger charge is 2.17. The number of quaternary nitrogens is 1. The molecule has 3 aromatic rings. The number of hydrogen-bond donors (Lipinski definition) is 3. The number of halogens is 2. The van der Waals surface area contributed by atoms with E-state index in [9.17, 15) is 14.0 Å². The summed E-state index contributed by atoms with van der Waals surface area (Å²) in [6, 6.07) is 11.1. The number of amides is 1. The minimum Gasteiger partial charge on any atom is -0.379 e. The fraction of sp³-hybridized carbons (Fsp3) is 0.250. The number of nitrogens with one attached hydrogen (secondary N) is 3. The third-order valence-corrected chi connectivity index (χ3v) is 4.64. The van der Waals surface area contributed by atoms with Crippen LogP contribution >= 0.6 is 11.6 Å². The van der Waals surface area contributed by atoms with E-state index < -0.39 is 5.82 Å². The van der Waals surface area contributed by atoms with Crippen LogP contribution in [0.5, 0.6) is 0 Å². The third kappa shape index (κ3) is 5.60. The van der Waals surface area contributed by atoms with Gasteiger partial charge in [0.05, 0.1) is 22.5 Å². The summed E-state index contributed by atoms with van der Waals surface area (Å²) in [4.78, 5) is 32.8. The third-order valence-electron chi connectivity index (χ3n) is 4.35. The quantitative estimate of drug-likeness (QED) is 0.515. The summed E-state index contributed by atoms with van der Waals surface area (Å²) in [7, 11) is 1.58. The zero-order valence-corrected chi connectivity index (χ0v) is 16.6. The van der Waals surface area contributed by atoms with Gasteiger partial charge in [0.2, 0.25) is 0 Å². The van der Waals surface area contributed by atoms with Crippen LogP contribution in [0.2, 0.25) is 5.02 Å². The van der Waals surface area contributed by atoms with Crippen molar-refractivity contribution in [3.8, 4) is 0 Å². The zero-order valence-electron chi connectivity index (χ0n) is 15.8. The van der Waals surface area contributed by atoms with E-state index in [1.807, 2.05) is 6.07 Å². The molecule has 0 aliphatic rings. The highest BCUT2D eigenvalue weighted by molar-refractivity contribution is 6.31. The Kier molecular flexibility index (Phi) is 6.92. The number of carbonyl (C=O) groups excluding carboxylic acids is 1. The summed E-state index contributed by atoms with van der Waals surface area (Å²) in [5.41, 5.74) is 0.787. The van der Waals surface area contributed by atoms with Gasteiger partial charge in [-0.3, -0.25) is 9.59 Å². The number of nitrogens with zero attached hydrogens (tertiary/aromatic N) is 1. The lowest BCUT2D eigenvalue weighted by Crippen LogP contribution is -3.12. The molecule has 1 unspecified atom stereocenters. The van der Waals surface area contributed by atoms with E-state index in [-0.39, 0.29) is 23.0 Å². The average molecular weight is 420 g/mol. The van der Waals surface area contributed by atoms with Gasteiger partial charge in [-0.2, -0.15) is 0 Å². The van der Waals surface area contributed by atoms with Crippen molar-refractivity contribution in [1.29, 1.82) is 0 Å². The number of benzene rings is 2. The summed E-state index contributed by atoms with van der Waals surface area (Å²) < 4.78 is 18.4. The van der Waals surface area contributed by atoms with Crippen LogP contribution in [0.4, 0.5) is 10.1 Å². The summed E-state index contributed by atoms with van der Waals surface area (Å²) in [6.07, 6.45) is 0. The number of aromatic nitrogens is 2. The van der Waals surface area contributed by atoms with Gasteiger partial charge >= 0.3 is 0 Å². The SMILES string of the molecule is COCC[NH+](CC(=O)Nc1ccc(F)c(Cl)c1)Cc1nc2ccccc2c(=O)[nH]1. The molecule has 9 heteroatoms. The summed E-state index contributed by atoms with van der Waals surface area (Å²) >= 11 is 5.75.